The summed E-state index contributed by atoms with van der Waals surface area (Å²) < 4.78 is 5.18. The van der Waals surface area contributed by atoms with Gasteiger partial charge < -0.3 is 9.64 Å². The zero-order valence-corrected chi connectivity index (χ0v) is 16.3. The van der Waals surface area contributed by atoms with Gasteiger partial charge >= 0.3 is 5.97 Å². The average Bonchev–Trinajstić information content (AvgIpc) is 2.68. The monoisotopic (exact) mass is 398 g/mol. The van der Waals surface area contributed by atoms with E-state index in [2.05, 4.69) is 0 Å². The van der Waals surface area contributed by atoms with E-state index in [1.54, 1.807) is 31.2 Å². The van der Waals surface area contributed by atoms with E-state index >= 15 is 0 Å². The zero-order valence-electron chi connectivity index (χ0n) is 15.5. The van der Waals surface area contributed by atoms with Crippen molar-refractivity contribution in [3.63, 3.8) is 0 Å². The third-order valence-electron chi connectivity index (χ3n) is 4.47. The van der Waals surface area contributed by atoms with Crippen LogP contribution in [0.25, 0.3) is 5.70 Å². The van der Waals surface area contributed by atoms with Gasteiger partial charge in [0.1, 0.15) is 0 Å². The number of nitro benzene ring substituents is 1. The van der Waals surface area contributed by atoms with E-state index in [0.29, 0.717) is 28.4 Å². The Balaban J connectivity index is 2.13. The second-order valence-electron chi connectivity index (χ2n) is 6.20. The molecule has 0 aromatic heterocycles. The fraction of sp³-hybridized carbons (Fsp3) is 0.190. The number of benzene rings is 2. The van der Waals surface area contributed by atoms with Crippen LogP contribution in [-0.2, 0) is 9.53 Å². The summed E-state index contributed by atoms with van der Waals surface area (Å²) in [5.74, 6) is -0.387. The van der Waals surface area contributed by atoms with Crippen molar-refractivity contribution in [2.45, 2.75) is 20.3 Å². The van der Waals surface area contributed by atoms with E-state index in [1.807, 2.05) is 30.0 Å². The normalized spacial score (nSPS) is 14.0. The Labute approximate surface area is 167 Å². The number of ether oxygens (including phenoxy) is 1. The van der Waals surface area contributed by atoms with Gasteiger partial charge in [0.2, 0.25) is 0 Å². The Morgan fingerprint density at radius 1 is 1.25 bits per heavy atom. The number of anilines is 1. The summed E-state index contributed by atoms with van der Waals surface area (Å²) >= 11 is 6.01. The highest BCUT2D eigenvalue weighted by atomic mass is 35.5. The molecule has 28 heavy (non-hydrogen) atoms. The number of allylic oxidation sites excluding steroid dienone is 2. The van der Waals surface area contributed by atoms with Crippen molar-refractivity contribution in [1.29, 1.82) is 0 Å². The van der Waals surface area contributed by atoms with Crippen molar-refractivity contribution in [3.05, 3.63) is 86.6 Å². The minimum atomic E-state index is -0.440. The molecule has 0 saturated carbocycles. The molecule has 0 unspecified atom stereocenters. The molecular formula is C21H19ClN2O4. The molecule has 2 aromatic carbocycles. The van der Waals surface area contributed by atoms with Gasteiger partial charge in [0, 0.05) is 35.0 Å². The topological polar surface area (TPSA) is 72.7 Å². The molecule has 1 aliphatic heterocycles. The Morgan fingerprint density at radius 3 is 2.61 bits per heavy atom. The third kappa shape index (κ3) is 3.92. The Bertz CT molecular complexity index is 980. The van der Waals surface area contributed by atoms with E-state index < -0.39 is 4.92 Å². The molecule has 0 fully saturated rings. The summed E-state index contributed by atoms with van der Waals surface area (Å²) in [4.78, 5) is 25.0. The number of carbonyl (C=O) groups excluding carboxylic acids is 1. The summed E-state index contributed by atoms with van der Waals surface area (Å²) in [6.07, 6.45) is 2.33. The highest BCUT2D eigenvalue weighted by molar-refractivity contribution is 6.30. The maximum atomic E-state index is 12.4. The average molecular weight is 399 g/mol. The first kappa shape index (κ1) is 19.6. The number of non-ortho nitro benzene ring substituents is 1. The van der Waals surface area contributed by atoms with E-state index in [4.69, 9.17) is 16.3 Å². The third-order valence-corrected chi connectivity index (χ3v) is 4.73. The Hall–Kier alpha value is -3.12. The molecule has 1 heterocycles. The van der Waals surface area contributed by atoms with Crippen molar-refractivity contribution < 1.29 is 14.5 Å². The number of esters is 1. The van der Waals surface area contributed by atoms with Crippen LogP contribution in [0, 0.1) is 10.1 Å². The SMILES string of the molecule is CCOC(=O)C1=C(C)N(c2cccc([N+](=O)[O-])c2)C(c2ccc(Cl)cc2)=CC1. The van der Waals surface area contributed by atoms with Gasteiger partial charge in [0.25, 0.3) is 5.69 Å². The largest absolute Gasteiger partial charge is 0.463 e. The molecule has 0 spiro atoms. The predicted octanol–water partition coefficient (Wildman–Crippen LogP) is 5.34. The number of hydrogen-bond donors (Lipinski definition) is 0. The molecule has 0 N–H and O–H groups in total. The van der Waals surface area contributed by atoms with Crippen molar-refractivity contribution in [2.24, 2.45) is 0 Å². The second kappa shape index (κ2) is 8.27. The van der Waals surface area contributed by atoms with Crippen LogP contribution >= 0.6 is 11.6 Å². The minimum absolute atomic E-state index is 0.0241. The summed E-state index contributed by atoms with van der Waals surface area (Å²) in [5, 5.41) is 11.8. The van der Waals surface area contributed by atoms with Crippen LogP contribution in [0.15, 0.2) is 65.9 Å². The van der Waals surface area contributed by atoms with Crippen LogP contribution in [0.4, 0.5) is 11.4 Å². The Kier molecular flexibility index (Phi) is 5.80. The standard InChI is InChI=1S/C21H19ClN2O4/c1-3-28-21(25)19-11-12-20(15-7-9-16(22)10-8-15)23(14(19)2)17-5-4-6-18(13-17)24(26)27/h4-10,12-13H,3,11H2,1-2H3. The smallest absolute Gasteiger partial charge is 0.336 e. The maximum absolute atomic E-state index is 12.4. The number of carbonyl (C=O) groups is 1. The fourth-order valence-corrected chi connectivity index (χ4v) is 3.27. The lowest BCUT2D eigenvalue weighted by molar-refractivity contribution is -0.384. The molecule has 0 bridgehead atoms. The maximum Gasteiger partial charge on any atom is 0.336 e. The van der Waals surface area contributed by atoms with Gasteiger partial charge in [-0.05, 0) is 37.6 Å². The summed E-state index contributed by atoms with van der Waals surface area (Å²) in [6, 6.07) is 13.6. The first-order valence-electron chi connectivity index (χ1n) is 8.80. The molecule has 1 aliphatic rings. The van der Waals surface area contributed by atoms with Crippen molar-refractivity contribution in [1.82, 2.24) is 0 Å². The van der Waals surface area contributed by atoms with E-state index in [0.717, 1.165) is 11.3 Å². The van der Waals surface area contributed by atoms with Crippen LogP contribution in [0.3, 0.4) is 0 Å². The lowest BCUT2D eigenvalue weighted by atomic mass is 9.99. The summed E-state index contributed by atoms with van der Waals surface area (Å²) in [6.45, 7) is 3.85. The first-order chi connectivity index (χ1) is 13.4. The molecule has 2 aromatic rings. The van der Waals surface area contributed by atoms with Crippen LogP contribution < -0.4 is 4.90 Å². The molecule has 0 saturated heterocycles. The molecule has 0 radical (unpaired) electrons. The fourth-order valence-electron chi connectivity index (χ4n) is 3.15. The molecule has 7 heteroatoms. The van der Waals surface area contributed by atoms with Gasteiger partial charge in [-0.15, -0.1) is 0 Å². The van der Waals surface area contributed by atoms with E-state index in [1.165, 1.54) is 12.1 Å². The Morgan fingerprint density at radius 2 is 1.96 bits per heavy atom. The number of rotatable bonds is 5. The van der Waals surface area contributed by atoms with Crippen molar-refractivity contribution >= 4 is 34.6 Å². The van der Waals surface area contributed by atoms with Gasteiger partial charge in [0.05, 0.1) is 22.8 Å². The minimum Gasteiger partial charge on any atom is -0.463 e. The van der Waals surface area contributed by atoms with E-state index in [9.17, 15) is 14.9 Å². The quantitative estimate of drug-likeness (QED) is 0.386. The molecule has 0 amide bonds. The number of halogens is 1. The molecule has 0 aliphatic carbocycles. The number of nitro groups is 1. The second-order valence-corrected chi connectivity index (χ2v) is 6.63. The van der Waals surface area contributed by atoms with E-state index in [-0.39, 0.29) is 18.3 Å². The van der Waals surface area contributed by atoms with Gasteiger partial charge in [-0.1, -0.05) is 35.9 Å². The van der Waals surface area contributed by atoms with Gasteiger partial charge in [-0.2, -0.15) is 0 Å². The highest BCUT2D eigenvalue weighted by Crippen LogP contribution is 2.38. The highest BCUT2D eigenvalue weighted by Gasteiger charge is 2.27. The zero-order chi connectivity index (χ0) is 20.3. The summed E-state index contributed by atoms with van der Waals surface area (Å²) in [7, 11) is 0. The number of nitrogens with zero attached hydrogens (tertiary/aromatic N) is 2. The van der Waals surface area contributed by atoms with Gasteiger partial charge in [-0.25, -0.2) is 4.79 Å². The molecule has 0 atom stereocenters. The first-order valence-corrected chi connectivity index (χ1v) is 9.17. The van der Waals surface area contributed by atoms with Gasteiger partial charge in [-0.3, -0.25) is 10.1 Å². The van der Waals surface area contributed by atoms with Crippen LogP contribution in [0.5, 0.6) is 0 Å². The van der Waals surface area contributed by atoms with Crippen LogP contribution in [-0.4, -0.2) is 17.5 Å². The molecule has 3 rings (SSSR count). The molecule has 144 valence electrons. The van der Waals surface area contributed by atoms with Gasteiger partial charge in [0.15, 0.2) is 0 Å². The molecule has 6 nitrogen and oxygen atoms in total. The molecular weight excluding hydrogens is 380 g/mol. The number of hydrogen-bond acceptors (Lipinski definition) is 5. The lowest BCUT2D eigenvalue weighted by Gasteiger charge is -2.33. The predicted molar refractivity (Wildman–Crippen MR) is 109 cm³/mol. The van der Waals surface area contributed by atoms with Crippen molar-refractivity contribution in [3.8, 4) is 0 Å². The van der Waals surface area contributed by atoms with Crippen LogP contribution in [0.1, 0.15) is 25.8 Å². The lowest BCUT2D eigenvalue weighted by Crippen LogP contribution is -2.26. The van der Waals surface area contributed by atoms with Crippen LogP contribution in [0.2, 0.25) is 5.02 Å². The van der Waals surface area contributed by atoms with Crippen molar-refractivity contribution in [2.75, 3.05) is 11.5 Å². The summed E-state index contributed by atoms with van der Waals surface area (Å²) in [5.41, 5.74) is 3.47.